The molecule has 4 aromatic rings. The van der Waals surface area contributed by atoms with Gasteiger partial charge in [-0.1, -0.05) is 86.0 Å². The number of aliphatic hydroxyl groups is 2. The molecule has 45 heavy (non-hydrogen) atoms. The molecule has 1 aliphatic carbocycles. The number of hydrogen-bond acceptors (Lipinski definition) is 8. The van der Waals surface area contributed by atoms with Crippen molar-refractivity contribution in [2.24, 2.45) is 0 Å². The van der Waals surface area contributed by atoms with E-state index in [0.29, 0.717) is 11.5 Å². The molecule has 0 fully saturated rings. The largest absolute Gasteiger partial charge is 0.491 e. The van der Waals surface area contributed by atoms with Crippen LogP contribution in [0, 0.1) is 0 Å². The monoisotopic (exact) mass is 606 g/mol. The summed E-state index contributed by atoms with van der Waals surface area (Å²) < 4.78 is 21.4. The van der Waals surface area contributed by atoms with Gasteiger partial charge in [0.25, 0.3) is 0 Å². The van der Waals surface area contributed by atoms with Gasteiger partial charge in [-0.15, -0.1) is 0 Å². The number of benzene rings is 4. The van der Waals surface area contributed by atoms with Crippen LogP contribution in [0.25, 0.3) is 11.1 Å². The van der Waals surface area contributed by atoms with Crippen LogP contribution in [0.15, 0.2) is 122 Å². The Morgan fingerprint density at radius 2 is 0.978 bits per heavy atom. The highest BCUT2D eigenvalue weighted by Crippen LogP contribution is 2.56. The van der Waals surface area contributed by atoms with Crippen molar-refractivity contribution >= 4 is 11.9 Å². The third-order valence-corrected chi connectivity index (χ3v) is 7.58. The van der Waals surface area contributed by atoms with Crippen molar-refractivity contribution in [2.75, 3.05) is 26.4 Å². The Balaban J connectivity index is 1.43. The Morgan fingerprint density at radius 3 is 1.36 bits per heavy atom. The van der Waals surface area contributed by atoms with E-state index in [-0.39, 0.29) is 26.4 Å². The minimum atomic E-state index is -0.988. The lowest BCUT2D eigenvalue weighted by Crippen LogP contribution is -2.28. The molecule has 5 rings (SSSR count). The van der Waals surface area contributed by atoms with Crippen LogP contribution in [-0.2, 0) is 24.5 Å². The first-order valence-electron chi connectivity index (χ1n) is 14.5. The van der Waals surface area contributed by atoms with E-state index in [1.165, 1.54) is 0 Å². The second-order valence-electron chi connectivity index (χ2n) is 10.5. The van der Waals surface area contributed by atoms with E-state index in [9.17, 15) is 19.8 Å². The van der Waals surface area contributed by atoms with Crippen molar-refractivity contribution in [3.63, 3.8) is 0 Å². The summed E-state index contributed by atoms with van der Waals surface area (Å²) in [6.07, 6.45) is 0.104. The van der Waals surface area contributed by atoms with Gasteiger partial charge < -0.3 is 29.2 Å². The molecule has 0 bridgehead atoms. The zero-order valence-electron chi connectivity index (χ0n) is 24.6. The number of rotatable bonds is 14. The maximum Gasteiger partial charge on any atom is 0.330 e. The number of carbonyl (C=O) groups excluding carboxylic acids is 2. The Hall–Kier alpha value is -5.18. The van der Waals surface area contributed by atoms with Crippen LogP contribution in [0.2, 0.25) is 0 Å². The molecule has 0 heterocycles. The van der Waals surface area contributed by atoms with Crippen LogP contribution >= 0.6 is 0 Å². The number of ether oxygens (including phenoxy) is 4. The summed E-state index contributed by atoms with van der Waals surface area (Å²) in [5, 5.41) is 20.3. The number of carbonyl (C=O) groups is 2. The van der Waals surface area contributed by atoms with E-state index in [0.717, 1.165) is 45.5 Å². The SMILES string of the molecule is C=CC(=O)OC[C@H](O)COc1ccc(C2(c3ccc(OC[C@@H](O)COC(=O)C=C)cc3)c3ccccc3-c3ccccc32)cc1. The third kappa shape index (κ3) is 6.67. The summed E-state index contributed by atoms with van der Waals surface area (Å²) in [7, 11) is 0. The van der Waals surface area contributed by atoms with Gasteiger partial charge in [-0.3, -0.25) is 0 Å². The maximum atomic E-state index is 11.3. The standard InChI is InChI=1S/C37H34O8/c1-3-35(40)44-23-27(38)21-42-29-17-13-25(14-18-29)37(33-11-7-5-9-31(33)32-10-6-8-12-34(32)37)26-15-19-30(20-16-26)43-22-28(39)24-45-36(41)4-2/h3-20,27-28,38-39H,1-2,21-24H2/t27-,28-/m1/s1. The van der Waals surface area contributed by atoms with E-state index < -0.39 is 29.6 Å². The van der Waals surface area contributed by atoms with Crippen molar-refractivity contribution < 1.29 is 38.7 Å². The fraction of sp³-hybridized carbons (Fsp3) is 0.189. The average Bonchev–Trinajstić information content (AvgIpc) is 3.39. The Kier molecular flexibility index (Phi) is 9.77. The van der Waals surface area contributed by atoms with E-state index >= 15 is 0 Å². The molecular weight excluding hydrogens is 572 g/mol. The summed E-state index contributed by atoms with van der Waals surface area (Å²) in [5.74, 6) is -0.0959. The molecular formula is C37H34O8. The van der Waals surface area contributed by atoms with Gasteiger partial charge in [-0.2, -0.15) is 0 Å². The molecule has 1 aliphatic rings. The topological polar surface area (TPSA) is 112 Å². The zero-order chi connectivity index (χ0) is 31.8. The van der Waals surface area contributed by atoms with Crippen molar-refractivity contribution in [2.45, 2.75) is 17.6 Å². The molecule has 2 atom stereocenters. The Morgan fingerprint density at radius 1 is 0.600 bits per heavy atom. The lowest BCUT2D eigenvalue weighted by Gasteiger charge is -2.34. The maximum absolute atomic E-state index is 11.3. The van der Waals surface area contributed by atoms with Gasteiger partial charge in [0.1, 0.15) is 50.1 Å². The molecule has 8 nitrogen and oxygen atoms in total. The van der Waals surface area contributed by atoms with E-state index in [1.54, 1.807) is 0 Å². The molecule has 8 heteroatoms. The molecule has 0 saturated carbocycles. The molecule has 0 aromatic heterocycles. The highest BCUT2D eigenvalue weighted by molar-refractivity contribution is 5.86. The van der Waals surface area contributed by atoms with Gasteiger partial charge in [0, 0.05) is 12.2 Å². The first-order valence-corrected chi connectivity index (χ1v) is 14.5. The lowest BCUT2D eigenvalue weighted by atomic mass is 9.68. The first-order chi connectivity index (χ1) is 21.9. The fourth-order valence-electron chi connectivity index (χ4n) is 5.58. The predicted octanol–water partition coefficient (Wildman–Crippen LogP) is 4.99. The third-order valence-electron chi connectivity index (χ3n) is 7.58. The molecule has 0 spiro atoms. The van der Waals surface area contributed by atoms with Crippen LogP contribution in [0.3, 0.4) is 0 Å². The van der Waals surface area contributed by atoms with Gasteiger partial charge >= 0.3 is 11.9 Å². The molecule has 0 radical (unpaired) electrons. The van der Waals surface area contributed by atoms with Gasteiger partial charge in [0.15, 0.2) is 0 Å². The quantitative estimate of drug-likeness (QED) is 0.134. The van der Waals surface area contributed by atoms with E-state index in [4.69, 9.17) is 18.9 Å². The summed E-state index contributed by atoms with van der Waals surface area (Å²) in [4.78, 5) is 22.6. The van der Waals surface area contributed by atoms with Crippen LogP contribution in [0.5, 0.6) is 11.5 Å². The summed E-state index contributed by atoms with van der Waals surface area (Å²) in [6, 6.07) is 32.2. The Labute approximate surface area is 261 Å². The summed E-state index contributed by atoms with van der Waals surface area (Å²) >= 11 is 0. The molecule has 230 valence electrons. The van der Waals surface area contributed by atoms with Crippen LogP contribution in [0.4, 0.5) is 0 Å². The minimum absolute atomic E-state index is 0.0482. The van der Waals surface area contributed by atoms with Crippen molar-refractivity contribution in [3.8, 4) is 22.6 Å². The van der Waals surface area contributed by atoms with E-state index in [1.807, 2.05) is 72.8 Å². The molecule has 4 aromatic carbocycles. The van der Waals surface area contributed by atoms with Crippen LogP contribution in [0.1, 0.15) is 22.3 Å². The number of fused-ring (bicyclic) bond motifs is 3. The smallest absolute Gasteiger partial charge is 0.330 e. The second kappa shape index (κ2) is 14.1. The van der Waals surface area contributed by atoms with Gasteiger partial charge in [0.2, 0.25) is 0 Å². The fourth-order valence-corrected chi connectivity index (χ4v) is 5.58. The van der Waals surface area contributed by atoms with Crippen LogP contribution < -0.4 is 9.47 Å². The zero-order valence-corrected chi connectivity index (χ0v) is 24.6. The Bertz CT molecular complexity index is 1530. The summed E-state index contributed by atoms with van der Waals surface area (Å²) in [6.45, 7) is 6.20. The lowest BCUT2D eigenvalue weighted by molar-refractivity contribution is -0.142. The van der Waals surface area contributed by atoms with Gasteiger partial charge in [0.05, 0.1) is 5.41 Å². The molecule has 0 aliphatic heterocycles. The molecule has 0 saturated heterocycles. The number of hydrogen-bond donors (Lipinski definition) is 2. The highest BCUT2D eigenvalue weighted by atomic mass is 16.6. The van der Waals surface area contributed by atoms with E-state index in [2.05, 4.69) is 37.4 Å². The average molecular weight is 607 g/mol. The number of esters is 2. The van der Waals surface area contributed by atoms with Crippen molar-refractivity contribution in [3.05, 3.63) is 145 Å². The van der Waals surface area contributed by atoms with Crippen molar-refractivity contribution in [1.82, 2.24) is 0 Å². The predicted molar refractivity (Wildman–Crippen MR) is 169 cm³/mol. The van der Waals surface area contributed by atoms with Gasteiger partial charge in [-0.05, 0) is 57.6 Å². The molecule has 0 unspecified atom stereocenters. The molecule has 0 amide bonds. The normalized spacial score (nSPS) is 13.8. The first kappa shape index (κ1) is 31.3. The molecule has 2 N–H and O–H groups in total. The summed E-state index contributed by atoms with van der Waals surface area (Å²) in [5.41, 5.74) is 5.92. The second-order valence-corrected chi connectivity index (χ2v) is 10.5. The highest BCUT2D eigenvalue weighted by Gasteiger charge is 2.45. The minimum Gasteiger partial charge on any atom is -0.491 e. The van der Waals surface area contributed by atoms with Gasteiger partial charge in [-0.25, -0.2) is 9.59 Å². The number of aliphatic hydroxyl groups excluding tert-OH is 2. The van der Waals surface area contributed by atoms with Crippen molar-refractivity contribution in [1.29, 1.82) is 0 Å². The van der Waals surface area contributed by atoms with Crippen LogP contribution in [-0.4, -0.2) is 60.8 Å².